The van der Waals surface area contributed by atoms with Crippen LogP contribution in [-0.4, -0.2) is 30.1 Å². The van der Waals surface area contributed by atoms with E-state index in [4.69, 9.17) is 4.52 Å². The van der Waals surface area contributed by atoms with Crippen molar-refractivity contribution in [3.8, 4) is 0 Å². The van der Waals surface area contributed by atoms with Crippen LogP contribution in [0.4, 0.5) is 0 Å². The van der Waals surface area contributed by atoms with E-state index in [1.165, 1.54) is 5.56 Å². The van der Waals surface area contributed by atoms with E-state index in [0.717, 1.165) is 23.0 Å². The van der Waals surface area contributed by atoms with Crippen LogP contribution in [0, 0.1) is 13.8 Å². The lowest BCUT2D eigenvalue weighted by Gasteiger charge is -2.17. The smallest absolute Gasteiger partial charge is 0.194 e. The second kappa shape index (κ2) is 8.77. The summed E-state index contributed by atoms with van der Waals surface area (Å²) in [6.45, 7) is 5.19. The van der Waals surface area contributed by atoms with Gasteiger partial charge >= 0.3 is 0 Å². The van der Waals surface area contributed by atoms with Crippen molar-refractivity contribution in [2.75, 3.05) is 14.1 Å². The monoisotopic (exact) mass is 414 g/mol. The summed E-state index contributed by atoms with van der Waals surface area (Å²) in [5, 5.41) is 7.31. The van der Waals surface area contributed by atoms with E-state index in [1.807, 2.05) is 51.0 Å². The molecule has 1 aromatic heterocycles. The van der Waals surface area contributed by atoms with Gasteiger partial charge in [0.1, 0.15) is 5.76 Å². The number of halogens is 1. The molecule has 0 spiro atoms. The molecule has 120 valence electrons. The van der Waals surface area contributed by atoms with Crippen LogP contribution in [0.3, 0.4) is 0 Å². The largest absolute Gasteiger partial charge is 0.361 e. The molecule has 0 fully saturated rings. The molecule has 22 heavy (non-hydrogen) atoms. The second-order valence-electron chi connectivity index (χ2n) is 5.18. The minimum atomic E-state index is 0. The summed E-state index contributed by atoms with van der Waals surface area (Å²) < 4.78 is 5.17. The highest BCUT2D eigenvalue weighted by molar-refractivity contribution is 14.0. The van der Waals surface area contributed by atoms with Crippen LogP contribution >= 0.6 is 24.0 Å². The first-order valence-corrected chi connectivity index (χ1v) is 6.99. The Bertz CT molecular complexity index is 588. The molecule has 0 amide bonds. The Morgan fingerprint density at radius 3 is 2.45 bits per heavy atom. The quantitative estimate of drug-likeness (QED) is 0.475. The SMILES string of the molecule is Cc1noc(C)c1CNC(=NCc1ccccc1)N(C)C.I. The number of aliphatic imine (C=N–C) groups is 1. The molecule has 0 aliphatic carbocycles. The van der Waals surface area contributed by atoms with Crippen molar-refractivity contribution in [3.63, 3.8) is 0 Å². The van der Waals surface area contributed by atoms with Gasteiger partial charge in [-0.05, 0) is 19.4 Å². The molecule has 0 saturated heterocycles. The first-order chi connectivity index (χ1) is 10.1. The lowest BCUT2D eigenvalue weighted by molar-refractivity contribution is 0.392. The summed E-state index contributed by atoms with van der Waals surface area (Å²) in [6, 6.07) is 10.2. The van der Waals surface area contributed by atoms with Crippen molar-refractivity contribution in [2.45, 2.75) is 26.9 Å². The summed E-state index contributed by atoms with van der Waals surface area (Å²) in [6.07, 6.45) is 0. The van der Waals surface area contributed by atoms with Crippen molar-refractivity contribution in [2.24, 2.45) is 4.99 Å². The molecule has 0 bridgehead atoms. The van der Waals surface area contributed by atoms with Gasteiger partial charge < -0.3 is 14.7 Å². The third kappa shape index (κ3) is 5.01. The fourth-order valence-electron chi connectivity index (χ4n) is 2.03. The Balaban J connectivity index is 0.00000242. The van der Waals surface area contributed by atoms with Crippen molar-refractivity contribution >= 4 is 29.9 Å². The van der Waals surface area contributed by atoms with Crippen LogP contribution in [0.2, 0.25) is 0 Å². The molecule has 2 rings (SSSR count). The lowest BCUT2D eigenvalue weighted by atomic mass is 10.2. The maximum absolute atomic E-state index is 5.17. The van der Waals surface area contributed by atoms with Gasteiger partial charge in [0, 0.05) is 26.2 Å². The predicted octanol–water partition coefficient (Wildman–Crippen LogP) is 3.12. The van der Waals surface area contributed by atoms with Gasteiger partial charge in [-0.2, -0.15) is 0 Å². The molecule has 0 saturated carbocycles. The second-order valence-corrected chi connectivity index (χ2v) is 5.18. The van der Waals surface area contributed by atoms with Crippen LogP contribution in [0.15, 0.2) is 39.8 Å². The maximum Gasteiger partial charge on any atom is 0.194 e. The Kier molecular flexibility index (Phi) is 7.37. The molecule has 0 aliphatic rings. The van der Waals surface area contributed by atoms with E-state index in [0.29, 0.717) is 13.1 Å². The third-order valence-corrected chi connectivity index (χ3v) is 3.28. The maximum atomic E-state index is 5.17. The Morgan fingerprint density at radius 1 is 1.23 bits per heavy atom. The fraction of sp³-hybridized carbons (Fsp3) is 0.375. The number of aromatic nitrogens is 1. The van der Waals surface area contributed by atoms with E-state index in [9.17, 15) is 0 Å². The van der Waals surface area contributed by atoms with Crippen LogP contribution in [0.5, 0.6) is 0 Å². The van der Waals surface area contributed by atoms with Gasteiger partial charge in [0.25, 0.3) is 0 Å². The molecular weight excluding hydrogens is 391 g/mol. The van der Waals surface area contributed by atoms with E-state index in [-0.39, 0.29) is 24.0 Å². The lowest BCUT2D eigenvalue weighted by Crippen LogP contribution is -2.36. The Morgan fingerprint density at radius 2 is 1.91 bits per heavy atom. The molecule has 0 unspecified atom stereocenters. The standard InChI is InChI=1S/C16H22N4O.HI/c1-12-15(13(2)21-19-12)11-18-16(20(3)4)17-10-14-8-6-5-7-9-14;/h5-9H,10-11H2,1-4H3,(H,17,18);1H. The average Bonchev–Trinajstić information content (AvgIpc) is 2.79. The average molecular weight is 414 g/mol. The molecule has 0 atom stereocenters. The number of hydrogen-bond acceptors (Lipinski definition) is 3. The number of benzene rings is 1. The van der Waals surface area contributed by atoms with Gasteiger partial charge in [-0.3, -0.25) is 0 Å². The van der Waals surface area contributed by atoms with E-state index >= 15 is 0 Å². The normalized spacial score (nSPS) is 11.0. The van der Waals surface area contributed by atoms with Crippen LogP contribution in [-0.2, 0) is 13.1 Å². The van der Waals surface area contributed by atoms with Crippen LogP contribution in [0.25, 0.3) is 0 Å². The summed E-state index contributed by atoms with van der Waals surface area (Å²) in [5.41, 5.74) is 3.20. The highest BCUT2D eigenvalue weighted by Crippen LogP contribution is 2.11. The highest BCUT2D eigenvalue weighted by Gasteiger charge is 2.10. The minimum absolute atomic E-state index is 0. The highest BCUT2D eigenvalue weighted by atomic mass is 127. The molecule has 1 heterocycles. The van der Waals surface area contributed by atoms with Gasteiger partial charge in [-0.15, -0.1) is 24.0 Å². The Hall–Kier alpha value is -1.57. The summed E-state index contributed by atoms with van der Waals surface area (Å²) in [7, 11) is 3.95. The number of nitrogens with zero attached hydrogens (tertiary/aromatic N) is 3. The third-order valence-electron chi connectivity index (χ3n) is 3.28. The topological polar surface area (TPSA) is 53.7 Å². The number of guanidine groups is 1. The summed E-state index contributed by atoms with van der Waals surface area (Å²) in [4.78, 5) is 6.61. The van der Waals surface area contributed by atoms with E-state index < -0.39 is 0 Å². The van der Waals surface area contributed by atoms with Crippen molar-refractivity contribution in [1.29, 1.82) is 0 Å². The Labute approximate surface area is 148 Å². The van der Waals surface area contributed by atoms with Crippen molar-refractivity contribution in [3.05, 3.63) is 52.9 Å². The first-order valence-electron chi connectivity index (χ1n) is 6.99. The molecule has 5 nitrogen and oxygen atoms in total. The van der Waals surface area contributed by atoms with Crippen molar-refractivity contribution < 1.29 is 4.52 Å². The molecular formula is C16H23IN4O. The molecule has 0 aliphatic heterocycles. The zero-order valence-corrected chi connectivity index (χ0v) is 15.8. The first kappa shape index (κ1) is 18.5. The van der Waals surface area contributed by atoms with Crippen molar-refractivity contribution in [1.82, 2.24) is 15.4 Å². The predicted molar refractivity (Wildman–Crippen MR) is 99.5 cm³/mol. The van der Waals surface area contributed by atoms with E-state index in [2.05, 4.69) is 27.6 Å². The van der Waals surface area contributed by atoms with Gasteiger partial charge in [-0.25, -0.2) is 4.99 Å². The number of nitrogens with one attached hydrogen (secondary N) is 1. The molecule has 2 aromatic rings. The van der Waals surface area contributed by atoms with Crippen LogP contribution in [0.1, 0.15) is 22.6 Å². The zero-order valence-electron chi connectivity index (χ0n) is 13.5. The summed E-state index contributed by atoms with van der Waals surface area (Å²) >= 11 is 0. The van der Waals surface area contributed by atoms with Gasteiger partial charge in [0.2, 0.25) is 0 Å². The fourth-order valence-corrected chi connectivity index (χ4v) is 2.03. The van der Waals surface area contributed by atoms with E-state index in [1.54, 1.807) is 0 Å². The number of hydrogen-bond donors (Lipinski definition) is 1. The molecule has 0 radical (unpaired) electrons. The van der Waals surface area contributed by atoms with Crippen LogP contribution < -0.4 is 5.32 Å². The molecule has 1 N–H and O–H groups in total. The minimum Gasteiger partial charge on any atom is -0.361 e. The number of aryl methyl sites for hydroxylation is 2. The number of rotatable bonds is 4. The molecule has 6 heteroatoms. The van der Waals surface area contributed by atoms with Gasteiger partial charge in [0.05, 0.1) is 12.2 Å². The molecule has 1 aromatic carbocycles. The zero-order chi connectivity index (χ0) is 15.2. The van der Waals surface area contributed by atoms with Gasteiger partial charge in [0.15, 0.2) is 5.96 Å². The van der Waals surface area contributed by atoms with Gasteiger partial charge in [-0.1, -0.05) is 35.5 Å². The summed E-state index contributed by atoms with van der Waals surface area (Å²) in [5.74, 6) is 1.69.